The van der Waals surface area contributed by atoms with E-state index in [4.69, 9.17) is 4.74 Å². The summed E-state index contributed by atoms with van der Waals surface area (Å²) in [5.41, 5.74) is 0.866. The number of alkyl carbamates (subject to hydrolysis) is 1. The number of unbranched alkanes of at least 4 members (excludes halogenated alkanes) is 1. The summed E-state index contributed by atoms with van der Waals surface area (Å²) in [6, 6.07) is 15.5. The van der Waals surface area contributed by atoms with Crippen LogP contribution in [0.3, 0.4) is 0 Å². The van der Waals surface area contributed by atoms with Crippen molar-refractivity contribution in [3.05, 3.63) is 71.8 Å². The van der Waals surface area contributed by atoms with Crippen LogP contribution >= 0.6 is 0 Å². The first-order chi connectivity index (χ1) is 18.0. The van der Waals surface area contributed by atoms with E-state index in [2.05, 4.69) is 16.0 Å². The van der Waals surface area contributed by atoms with Crippen molar-refractivity contribution >= 4 is 17.9 Å². The number of hydrogen-bond acceptors (Lipinski definition) is 6. The number of ether oxygens (including phenoxy) is 1. The van der Waals surface area contributed by atoms with Gasteiger partial charge in [0.05, 0.1) is 6.04 Å². The Morgan fingerprint density at radius 1 is 0.789 bits per heavy atom. The topological polar surface area (TPSA) is 137 Å². The number of benzene rings is 2. The van der Waals surface area contributed by atoms with E-state index in [9.17, 15) is 24.6 Å². The molecular formula is C29H41N3O6. The number of aliphatic hydroxyl groups is 2. The van der Waals surface area contributed by atoms with Gasteiger partial charge in [0.25, 0.3) is 0 Å². The third-order valence-electron chi connectivity index (χ3n) is 5.76. The second-order valence-electron chi connectivity index (χ2n) is 10.3. The van der Waals surface area contributed by atoms with Crippen LogP contribution < -0.4 is 16.0 Å². The molecule has 0 radical (unpaired) electrons. The second kappa shape index (κ2) is 15.1. The van der Waals surface area contributed by atoms with Crippen molar-refractivity contribution in [1.82, 2.24) is 16.0 Å². The fourth-order valence-electron chi connectivity index (χ4n) is 3.84. The van der Waals surface area contributed by atoms with E-state index in [1.165, 1.54) is 0 Å². The number of nitrogens with one attached hydrogen (secondary N) is 3. The fraction of sp³-hybridized carbons (Fsp3) is 0.483. The molecule has 0 saturated heterocycles. The van der Waals surface area contributed by atoms with Crippen LogP contribution in [0.2, 0.25) is 0 Å². The van der Waals surface area contributed by atoms with Gasteiger partial charge in [-0.05, 0) is 38.3 Å². The van der Waals surface area contributed by atoms with Crippen LogP contribution in [0.5, 0.6) is 0 Å². The summed E-state index contributed by atoms with van der Waals surface area (Å²) in [5, 5.41) is 27.6. The number of hydrogen-bond donors (Lipinski definition) is 5. The Bertz CT molecular complexity index is 1010. The van der Waals surface area contributed by atoms with Gasteiger partial charge in [0, 0.05) is 12.8 Å². The summed E-state index contributed by atoms with van der Waals surface area (Å²) >= 11 is 0. The largest absolute Gasteiger partial charge is 0.444 e. The molecule has 5 N–H and O–H groups in total. The highest BCUT2D eigenvalue weighted by Crippen LogP contribution is 2.11. The van der Waals surface area contributed by atoms with Crippen molar-refractivity contribution in [2.45, 2.75) is 89.8 Å². The van der Waals surface area contributed by atoms with Crippen molar-refractivity contribution in [3.63, 3.8) is 0 Å². The average Bonchev–Trinajstić information content (AvgIpc) is 2.85. The molecule has 208 valence electrons. The lowest BCUT2D eigenvalue weighted by molar-refractivity contribution is -0.133. The third-order valence-corrected chi connectivity index (χ3v) is 5.76. The van der Waals surface area contributed by atoms with Gasteiger partial charge in [-0.3, -0.25) is 9.59 Å². The summed E-state index contributed by atoms with van der Waals surface area (Å²) in [7, 11) is 0. The van der Waals surface area contributed by atoms with E-state index in [0.29, 0.717) is 12.8 Å². The maximum absolute atomic E-state index is 13.5. The maximum atomic E-state index is 13.5. The van der Waals surface area contributed by atoms with Crippen molar-refractivity contribution in [1.29, 1.82) is 0 Å². The lowest BCUT2D eigenvalue weighted by atomic mass is 10.0. The first-order valence-corrected chi connectivity index (χ1v) is 13.0. The molecule has 38 heavy (non-hydrogen) atoms. The van der Waals surface area contributed by atoms with Gasteiger partial charge in [-0.2, -0.15) is 0 Å². The van der Waals surface area contributed by atoms with Crippen molar-refractivity contribution in [2.75, 3.05) is 0 Å². The Labute approximate surface area is 225 Å². The van der Waals surface area contributed by atoms with Gasteiger partial charge in [-0.25, -0.2) is 4.79 Å². The van der Waals surface area contributed by atoms with E-state index in [1.807, 2.05) is 67.6 Å². The molecule has 0 aromatic heterocycles. The van der Waals surface area contributed by atoms with Crippen LogP contribution in [-0.4, -0.2) is 58.1 Å². The summed E-state index contributed by atoms with van der Waals surface area (Å²) in [4.78, 5) is 39.3. The highest BCUT2D eigenvalue weighted by Gasteiger charge is 2.30. The molecule has 0 aliphatic heterocycles. The van der Waals surface area contributed by atoms with Crippen LogP contribution in [0.25, 0.3) is 0 Å². The molecule has 0 bridgehead atoms. The minimum Gasteiger partial charge on any atom is -0.444 e. The monoisotopic (exact) mass is 527 g/mol. The highest BCUT2D eigenvalue weighted by atomic mass is 16.6. The van der Waals surface area contributed by atoms with E-state index in [-0.39, 0.29) is 12.8 Å². The van der Waals surface area contributed by atoms with E-state index in [1.54, 1.807) is 20.8 Å². The van der Waals surface area contributed by atoms with Gasteiger partial charge in [0.1, 0.15) is 17.7 Å². The molecule has 2 aromatic carbocycles. The Morgan fingerprint density at radius 3 is 1.71 bits per heavy atom. The number of carbonyl (C=O) groups excluding carboxylic acids is 3. The zero-order chi connectivity index (χ0) is 28.1. The molecule has 3 amide bonds. The molecule has 0 aliphatic carbocycles. The number of aliphatic hydroxyl groups excluding tert-OH is 1. The Kier molecular flexibility index (Phi) is 12.2. The normalized spacial score (nSPS) is 13.8. The summed E-state index contributed by atoms with van der Waals surface area (Å²) in [5.74, 6) is -1.11. The summed E-state index contributed by atoms with van der Waals surface area (Å²) < 4.78 is 5.36. The van der Waals surface area contributed by atoms with Crippen LogP contribution in [0.1, 0.15) is 58.1 Å². The third kappa shape index (κ3) is 11.3. The highest BCUT2D eigenvalue weighted by molar-refractivity contribution is 5.91. The van der Waals surface area contributed by atoms with Crippen molar-refractivity contribution in [2.24, 2.45) is 0 Å². The Hall–Kier alpha value is -3.43. The molecule has 0 heterocycles. The molecule has 0 spiro atoms. The van der Waals surface area contributed by atoms with Crippen molar-refractivity contribution < 1.29 is 29.3 Å². The fourth-order valence-corrected chi connectivity index (χ4v) is 3.84. The minimum absolute atomic E-state index is 0.172. The Balaban J connectivity index is 2.27. The van der Waals surface area contributed by atoms with Gasteiger partial charge in [-0.15, -0.1) is 0 Å². The Morgan fingerprint density at radius 2 is 1.26 bits per heavy atom. The number of amides is 3. The molecule has 9 heteroatoms. The quantitative estimate of drug-likeness (QED) is 0.254. The van der Waals surface area contributed by atoms with E-state index in [0.717, 1.165) is 17.5 Å². The van der Waals surface area contributed by atoms with Gasteiger partial charge in [0.15, 0.2) is 6.29 Å². The molecule has 0 saturated carbocycles. The number of rotatable bonds is 13. The molecule has 2 rings (SSSR count). The smallest absolute Gasteiger partial charge is 0.408 e. The maximum Gasteiger partial charge on any atom is 0.408 e. The second-order valence-corrected chi connectivity index (χ2v) is 10.3. The first kappa shape index (κ1) is 30.8. The van der Waals surface area contributed by atoms with Gasteiger partial charge in [-0.1, -0.05) is 80.4 Å². The van der Waals surface area contributed by atoms with E-state index >= 15 is 0 Å². The minimum atomic E-state index is -1.74. The molecule has 0 aliphatic rings. The lowest BCUT2D eigenvalue weighted by Crippen LogP contribution is -2.57. The average molecular weight is 528 g/mol. The molecule has 9 nitrogen and oxygen atoms in total. The van der Waals surface area contributed by atoms with Gasteiger partial charge >= 0.3 is 6.09 Å². The molecule has 2 aromatic rings. The van der Waals surface area contributed by atoms with Crippen molar-refractivity contribution in [3.8, 4) is 0 Å². The lowest BCUT2D eigenvalue weighted by Gasteiger charge is -2.27. The van der Waals surface area contributed by atoms with Crippen LogP contribution in [0, 0.1) is 0 Å². The molecule has 0 fully saturated rings. The summed E-state index contributed by atoms with van der Waals surface area (Å²) in [6.45, 7) is 7.14. The molecule has 3 atom stereocenters. The number of carbonyl (C=O) groups is 3. The van der Waals surface area contributed by atoms with E-state index < -0.39 is 47.9 Å². The van der Waals surface area contributed by atoms with Gasteiger partial charge < -0.3 is 30.9 Å². The van der Waals surface area contributed by atoms with Crippen LogP contribution in [0.4, 0.5) is 4.79 Å². The van der Waals surface area contributed by atoms with Gasteiger partial charge in [0.2, 0.25) is 11.8 Å². The standard InChI is InChI=1S/C29H41N3O6/c1-5-6-17-22(27(35)36)30-25(33)23(18-20-13-9-7-10-14-20)31-26(34)24(19-21-15-11-8-12-16-21)32-28(37)38-29(2,3)4/h7-16,22-24,27,35-36H,5-6,17-19H2,1-4H3,(H,30,33)(H,31,34)(H,32,37)/t22-,23-,24-/m1/s1. The zero-order valence-corrected chi connectivity index (χ0v) is 22.6. The predicted octanol–water partition coefficient (Wildman–Crippen LogP) is 2.84. The van der Waals surface area contributed by atoms with Crippen LogP contribution in [-0.2, 0) is 27.2 Å². The first-order valence-electron chi connectivity index (χ1n) is 13.0. The molecule has 0 unspecified atom stereocenters. The molecular weight excluding hydrogens is 486 g/mol. The predicted molar refractivity (Wildman–Crippen MR) is 145 cm³/mol. The van der Waals surface area contributed by atoms with Crippen LogP contribution in [0.15, 0.2) is 60.7 Å². The zero-order valence-electron chi connectivity index (χ0n) is 22.6. The SMILES string of the molecule is CCCC[C@@H](NC(=O)[C@@H](Cc1ccccc1)NC(=O)[C@@H](Cc1ccccc1)NC(=O)OC(C)(C)C)C(O)O. The summed E-state index contributed by atoms with van der Waals surface area (Å²) in [6.07, 6.45) is -0.245.